The van der Waals surface area contributed by atoms with Crippen molar-refractivity contribution in [2.45, 2.75) is 58.2 Å². The molecule has 1 amide bonds. The average molecular weight is 293 g/mol. The first-order chi connectivity index (χ1) is 9.65. The fourth-order valence-electron chi connectivity index (χ4n) is 3.12. The van der Waals surface area contributed by atoms with Gasteiger partial charge in [0.15, 0.2) is 0 Å². The van der Waals surface area contributed by atoms with E-state index in [2.05, 4.69) is 21.7 Å². The van der Waals surface area contributed by atoms with Crippen LogP contribution in [0, 0.1) is 6.92 Å². The van der Waals surface area contributed by atoms with Crippen molar-refractivity contribution < 1.29 is 4.79 Å². The Labute approximate surface area is 124 Å². The Hall–Kier alpha value is -0.940. The second kappa shape index (κ2) is 5.82. The van der Waals surface area contributed by atoms with Crippen molar-refractivity contribution >= 4 is 17.2 Å². The number of carbonyl (C=O) groups excluding carboxylic acids is 1. The van der Waals surface area contributed by atoms with Crippen LogP contribution < -0.4 is 0 Å². The van der Waals surface area contributed by atoms with E-state index in [0.29, 0.717) is 12.1 Å². The van der Waals surface area contributed by atoms with Gasteiger partial charge >= 0.3 is 0 Å². The van der Waals surface area contributed by atoms with Crippen molar-refractivity contribution in [1.82, 2.24) is 14.8 Å². The molecule has 0 unspecified atom stereocenters. The SMILES string of the molecule is CC(=O)N(C[C@H]1CCCN1Cc1scnc1C)C1CC1. The first-order valence-corrected chi connectivity index (χ1v) is 8.43. The predicted octanol–water partition coefficient (Wildman–Crippen LogP) is 2.43. The molecule has 0 N–H and O–H groups in total. The highest BCUT2D eigenvalue weighted by Crippen LogP contribution is 2.30. The summed E-state index contributed by atoms with van der Waals surface area (Å²) in [6, 6.07) is 1.06. The first kappa shape index (κ1) is 14.0. The molecular formula is C15H23N3OS. The third kappa shape index (κ3) is 3.04. The molecule has 2 aliphatic rings. The number of rotatable bonds is 5. The summed E-state index contributed by atoms with van der Waals surface area (Å²) in [5.41, 5.74) is 3.09. The van der Waals surface area contributed by atoms with Gasteiger partial charge in [-0.15, -0.1) is 11.3 Å². The van der Waals surface area contributed by atoms with Crippen LogP contribution in [-0.2, 0) is 11.3 Å². The zero-order chi connectivity index (χ0) is 14.1. The van der Waals surface area contributed by atoms with Gasteiger partial charge in [0.05, 0.1) is 11.2 Å². The summed E-state index contributed by atoms with van der Waals surface area (Å²) < 4.78 is 0. The minimum Gasteiger partial charge on any atom is -0.338 e. The summed E-state index contributed by atoms with van der Waals surface area (Å²) in [5, 5.41) is 0. The van der Waals surface area contributed by atoms with E-state index in [1.54, 1.807) is 18.3 Å². The number of thiazole rings is 1. The molecule has 1 aliphatic heterocycles. The van der Waals surface area contributed by atoms with Crippen LogP contribution in [0.15, 0.2) is 5.51 Å². The number of nitrogens with zero attached hydrogens (tertiary/aromatic N) is 3. The lowest BCUT2D eigenvalue weighted by Crippen LogP contribution is -2.43. The van der Waals surface area contributed by atoms with Crippen LogP contribution in [0.1, 0.15) is 43.2 Å². The molecule has 0 spiro atoms. The van der Waals surface area contributed by atoms with E-state index >= 15 is 0 Å². The highest BCUT2D eigenvalue weighted by Gasteiger charge is 2.35. The van der Waals surface area contributed by atoms with E-state index in [-0.39, 0.29) is 5.91 Å². The molecule has 20 heavy (non-hydrogen) atoms. The number of hydrogen-bond donors (Lipinski definition) is 0. The average Bonchev–Trinajstić information content (AvgIpc) is 3.03. The molecule has 110 valence electrons. The number of aryl methyl sites for hydroxylation is 1. The minimum atomic E-state index is 0.244. The largest absolute Gasteiger partial charge is 0.338 e. The number of carbonyl (C=O) groups is 1. The molecule has 1 aromatic heterocycles. The molecule has 0 radical (unpaired) electrons. The van der Waals surface area contributed by atoms with E-state index in [9.17, 15) is 4.79 Å². The fraction of sp³-hybridized carbons (Fsp3) is 0.733. The van der Waals surface area contributed by atoms with E-state index in [1.165, 1.54) is 30.6 Å². The molecule has 4 nitrogen and oxygen atoms in total. The highest BCUT2D eigenvalue weighted by atomic mass is 32.1. The topological polar surface area (TPSA) is 36.4 Å². The normalized spacial score (nSPS) is 23.2. The first-order valence-electron chi connectivity index (χ1n) is 7.55. The van der Waals surface area contributed by atoms with Crippen LogP contribution in [0.25, 0.3) is 0 Å². The third-order valence-corrected chi connectivity index (χ3v) is 5.41. The quantitative estimate of drug-likeness (QED) is 0.836. The lowest BCUT2D eigenvalue weighted by atomic mass is 10.2. The van der Waals surface area contributed by atoms with Crippen LogP contribution in [0.3, 0.4) is 0 Å². The third-order valence-electron chi connectivity index (χ3n) is 4.49. The highest BCUT2D eigenvalue weighted by molar-refractivity contribution is 7.09. The van der Waals surface area contributed by atoms with Crippen LogP contribution in [-0.4, -0.2) is 45.9 Å². The van der Waals surface area contributed by atoms with Gasteiger partial charge in [-0.3, -0.25) is 9.69 Å². The minimum absolute atomic E-state index is 0.244. The Morgan fingerprint density at radius 2 is 2.30 bits per heavy atom. The van der Waals surface area contributed by atoms with Crippen LogP contribution in [0.2, 0.25) is 0 Å². The van der Waals surface area contributed by atoms with Gasteiger partial charge < -0.3 is 4.90 Å². The van der Waals surface area contributed by atoms with Crippen molar-refractivity contribution in [1.29, 1.82) is 0 Å². The second-order valence-electron chi connectivity index (χ2n) is 6.03. The van der Waals surface area contributed by atoms with E-state index in [1.807, 2.05) is 5.51 Å². The van der Waals surface area contributed by atoms with Crippen molar-refractivity contribution in [2.24, 2.45) is 0 Å². The zero-order valence-corrected chi connectivity index (χ0v) is 13.2. The second-order valence-corrected chi connectivity index (χ2v) is 6.97. The molecule has 2 heterocycles. The van der Waals surface area contributed by atoms with Gasteiger partial charge in [-0.1, -0.05) is 0 Å². The van der Waals surface area contributed by atoms with Gasteiger partial charge in [0.2, 0.25) is 5.91 Å². The lowest BCUT2D eigenvalue weighted by molar-refractivity contribution is -0.130. The number of amides is 1. The molecule has 5 heteroatoms. The van der Waals surface area contributed by atoms with Crippen molar-refractivity contribution in [3.05, 3.63) is 16.1 Å². The molecule has 3 rings (SSSR count). The Kier molecular flexibility index (Phi) is 4.08. The van der Waals surface area contributed by atoms with Crippen LogP contribution >= 0.6 is 11.3 Å². The standard InChI is InChI=1S/C15H23N3OS/c1-11-15(20-10-16-11)9-17-7-3-4-14(17)8-18(12(2)19)13-5-6-13/h10,13-14H,3-9H2,1-2H3/t14-/m1/s1. The van der Waals surface area contributed by atoms with Crippen molar-refractivity contribution in [3.63, 3.8) is 0 Å². The zero-order valence-electron chi connectivity index (χ0n) is 12.3. The van der Waals surface area contributed by atoms with Crippen LogP contribution in [0.5, 0.6) is 0 Å². The summed E-state index contributed by atoms with van der Waals surface area (Å²) in [6.45, 7) is 6.86. The van der Waals surface area contributed by atoms with Crippen molar-refractivity contribution in [3.8, 4) is 0 Å². The molecule has 1 saturated carbocycles. The number of hydrogen-bond acceptors (Lipinski definition) is 4. The number of aromatic nitrogens is 1. The summed E-state index contributed by atoms with van der Waals surface area (Å²) in [5.74, 6) is 0.244. The Balaban J connectivity index is 1.63. The van der Waals surface area contributed by atoms with E-state index < -0.39 is 0 Å². The van der Waals surface area contributed by atoms with E-state index in [4.69, 9.17) is 0 Å². The summed E-state index contributed by atoms with van der Waals surface area (Å²) >= 11 is 1.75. The van der Waals surface area contributed by atoms with Gasteiger partial charge in [0.25, 0.3) is 0 Å². The van der Waals surface area contributed by atoms with Gasteiger partial charge in [-0.05, 0) is 39.2 Å². The van der Waals surface area contributed by atoms with Gasteiger partial charge in [-0.25, -0.2) is 4.98 Å². The molecule has 1 aliphatic carbocycles. The van der Waals surface area contributed by atoms with Gasteiger partial charge in [0.1, 0.15) is 0 Å². The summed E-state index contributed by atoms with van der Waals surface area (Å²) in [4.78, 5) is 22.1. The maximum absolute atomic E-state index is 11.8. The monoisotopic (exact) mass is 293 g/mol. The summed E-state index contributed by atoms with van der Waals surface area (Å²) in [7, 11) is 0. The summed E-state index contributed by atoms with van der Waals surface area (Å²) in [6.07, 6.45) is 4.85. The molecule has 2 fully saturated rings. The van der Waals surface area contributed by atoms with Gasteiger partial charge in [0, 0.05) is 37.0 Å². The molecular weight excluding hydrogens is 270 g/mol. The van der Waals surface area contributed by atoms with Crippen LogP contribution in [0.4, 0.5) is 0 Å². The van der Waals surface area contributed by atoms with Crippen molar-refractivity contribution in [2.75, 3.05) is 13.1 Å². The predicted molar refractivity (Wildman–Crippen MR) is 80.7 cm³/mol. The van der Waals surface area contributed by atoms with Gasteiger partial charge in [-0.2, -0.15) is 0 Å². The lowest BCUT2D eigenvalue weighted by Gasteiger charge is -2.30. The Bertz CT molecular complexity index is 483. The maximum atomic E-state index is 11.8. The fourth-order valence-corrected chi connectivity index (χ4v) is 3.92. The smallest absolute Gasteiger partial charge is 0.219 e. The van der Waals surface area contributed by atoms with E-state index in [0.717, 1.165) is 25.3 Å². The molecule has 1 aromatic rings. The maximum Gasteiger partial charge on any atom is 0.219 e. The number of likely N-dealkylation sites (tertiary alicyclic amines) is 1. The Morgan fingerprint density at radius 3 is 2.90 bits per heavy atom. The molecule has 1 atom stereocenters. The Morgan fingerprint density at radius 1 is 1.50 bits per heavy atom. The molecule has 1 saturated heterocycles. The molecule has 0 bridgehead atoms. The molecule has 0 aromatic carbocycles.